The van der Waals surface area contributed by atoms with Gasteiger partial charge in [0.05, 0.1) is 0 Å². The number of allylic oxidation sites excluding steroid dienone is 1. The van der Waals surface area contributed by atoms with Crippen molar-refractivity contribution in [1.29, 1.82) is 0 Å². The normalized spacial score (nSPS) is 17.1. The fraction of sp³-hybridized carbons (Fsp3) is 0.800. The van der Waals surface area contributed by atoms with Crippen molar-refractivity contribution in [3.05, 3.63) is 11.6 Å². The molecule has 0 amide bonds. The molecule has 0 unspecified atom stereocenters. The molecule has 0 heterocycles. The zero-order valence-electron chi connectivity index (χ0n) is 8.01. The molecule has 0 aromatic carbocycles. The smallest absolute Gasteiger partial charge is 0.179 e. The van der Waals surface area contributed by atoms with Crippen molar-refractivity contribution < 1.29 is 9.47 Å². The van der Waals surface area contributed by atoms with Gasteiger partial charge in [-0.05, 0) is 38.7 Å². The van der Waals surface area contributed by atoms with Crippen molar-refractivity contribution in [1.82, 2.24) is 0 Å². The molecule has 1 aliphatic carbocycles. The highest BCUT2D eigenvalue weighted by Gasteiger charge is 2.16. The van der Waals surface area contributed by atoms with Crippen LogP contribution in [0.3, 0.4) is 0 Å². The lowest BCUT2D eigenvalue weighted by Crippen LogP contribution is -2.19. The first-order valence-electron chi connectivity index (χ1n) is 4.80. The Bertz CT molecular complexity index is 146. The van der Waals surface area contributed by atoms with Crippen LogP contribution in [0.1, 0.15) is 33.1 Å². The van der Waals surface area contributed by atoms with Crippen molar-refractivity contribution >= 4 is 0 Å². The van der Waals surface area contributed by atoms with Crippen LogP contribution in [-0.2, 0) is 9.47 Å². The van der Waals surface area contributed by atoms with E-state index in [1.54, 1.807) is 0 Å². The highest BCUT2D eigenvalue weighted by atomic mass is 16.7. The Hall–Kier alpha value is -0.340. The van der Waals surface area contributed by atoms with Gasteiger partial charge in [-0.15, -0.1) is 0 Å². The summed E-state index contributed by atoms with van der Waals surface area (Å²) < 4.78 is 11.0. The first kappa shape index (κ1) is 9.75. The van der Waals surface area contributed by atoms with E-state index in [0.717, 1.165) is 19.6 Å². The molecule has 70 valence electrons. The molecule has 1 aliphatic rings. The van der Waals surface area contributed by atoms with Crippen LogP contribution in [0.2, 0.25) is 0 Å². The summed E-state index contributed by atoms with van der Waals surface area (Å²) in [6, 6.07) is 0. The summed E-state index contributed by atoms with van der Waals surface area (Å²) in [5.74, 6) is 0. The van der Waals surface area contributed by atoms with Crippen LogP contribution in [0.4, 0.5) is 0 Å². The SMILES string of the molecule is CCOC(OCC)C1=CCCC1. The molecule has 2 heteroatoms. The maximum atomic E-state index is 5.48. The van der Waals surface area contributed by atoms with E-state index in [4.69, 9.17) is 9.47 Å². The number of rotatable bonds is 5. The Balaban J connectivity index is 2.40. The Morgan fingerprint density at radius 2 is 2.00 bits per heavy atom. The second-order valence-corrected chi connectivity index (χ2v) is 2.91. The molecule has 0 aromatic rings. The second kappa shape index (κ2) is 5.33. The van der Waals surface area contributed by atoms with E-state index in [9.17, 15) is 0 Å². The van der Waals surface area contributed by atoms with Crippen LogP contribution in [-0.4, -0.2) is 19.5 Å². The average molecular weight is 170 g/mol. The molecule has 0 saturated heterocycles. The molecule has 0 bridgehead atoms. The molecule has 2 nitrogen and oxygen atoms in total. The number of ether oxygens (including phenoxy) is 2. The van der Waals surface area contributed by atoms with Gasteiger partial charge in [0, 0.05) is 13.2 Å². The van der Waals surface area contributed by atoms with E-state index < -0.39 is 0 Å². The van der Waals surface area contributed by atoms with Gasteiger partial charge in [-0.3, -0.25) is 0 Å². The van der Waals surface area contributed by atoms with Crippen LogP contribution >= 0.6 is 0 Å². The third kappa shape index (κ3) is 2.61. The lowest BCUT2D eigenvalue weighted by atomic mass is 10.2. The van der Waals surface area contributed by atoms with Crippen LogP contribution in [0, 0.1) is 0 Å². The molecule has 0 aromatic heterocycles. The minimum atomic E-state index is -0.0671. The Labute approximate surface area is 74.6 Å². The van der Waals surface area contributed by atoms with Crippen LogP contribution in [0.25, 0.3) is 0 Å². The number of hydrogen-bond donors (Lipinski definition) is 0. The van der Waals surface area contributed by atoms with Gasteiger partial charge in [0.25, 0.3) is 0 Å². The summed E-state index contributed by atoms with van der Waals surface area (Å²) >= 11 is 0. The van der Waals surface area contributed by atoms with E-state index in [-0.39, 0.29) is 6.29 Å². The van der Waals surface area contributed by atoms with E-state index in [0.29, 0.717) is 0 Å². The number of hydrogen-bond acceptors (Lipinski definition) is 2. The second-order valence-electron chi connectivity index (χ2n) is 2.91. The summed E-state index contributed by atoms with van der Waals surface area (Å²) in [6.45, 7) is 5.45. The molecule has 0 spiro atoms. The van der Waals surface area contributed by atoms with Gasteiger partial charge < -0.3 is 9.47 Å². The zero-order chi connectivity index (χ0) is 8.81. The predicted molar refractivity (Wildman–Crippen MR) is 49.0 cm³/mol. The third-order valence-corrected chi connectivity index (χ3v) is 2.01. The maximum absolute atomic E-state index is 5.48. The summed E-state index contributed by atoms with van der Waals surface area (Å²) in [6.07, 6.45) is 5.76. The molecule has 0 N–H and O–H groups in total. The van der Waals surface area contributed by atoms with E-state index in [1.165, 1.54) is 18.4 Å². The lowest BCUT2D eigenvalue weighted by molar-refractivity contribution is -0.112. The molecular formula is C10H18O2. The fourth-order valence-electron chi connectivity index (χ4n) is 1.47. The van der Waals surface area contributed by atoms with Gasteiger partial charge in [0.15, 0.2) is 6.29 Å². The van der Waals surface area contributed by atoms with Gasteiger partial charge >= 0.3 is 0 Å². The third-order valence-electron chi connectivity index (χ3n) is 2.01. The van der Waals surface area contributed by atoms with Crippen LogP contribution < -0.4 is 0 Å². The molecule has 0 fully saturated rings. The molecule has 12 heavy (non-hydrogen) atoms. The van der Waals surface area contributed by atoms with Gasteiger partial charge in [0.1, 0.15) is 0 Å². The molecule has 0 atom stereocenters. The summed E-state index contributed by atoms with van der Waals surface area (Å²) in [5.41, 5.74) is 1.33. The van der Waals surface area contributed by atoms with E-state index >= 15 is 0 Å². The summed E-state index contributed by atoms with van der Waals surface area (Å²) in [5, 5.41) is 0. The quantitative estimate of drug-likeness (QED) is 0.466. The van der Waals surface area contributed by atoms with Crippen molar-refractivity contribution in [3.63, 3.8) is 0 Å². The fourth-order valence-corrected chi connectivity index (χ4v) is 1.47. The molecular weight excluding hydrogens is 152 g/mol. The maximum Gasteiger partial charge on any atom is 0.179 e. The largest absolute Gasteiger partial charge is 0.349 e. The molecule has 1 rings (SSSR count). The minimum absolute atomic E-state index is 0.0671. The molecule has 0 aliphatic heterocycles. The zero-order valence-corrected chi connectivity index (χ0v) is 8.01. The van der Waals surface area contributed by atoms with E-state index in [1.807, 2.05) is 13.8 Å². The molecule has 0 radical (unpaired) electrons. The predicted octanol–water partition coefficient (Wildman–Crippen LogP) is 2.50. The Morgan fingerprint density at radius 1 is 1.33 bits per heavy atom. The van der Waals surface area contributed by atoms with Crippen molar-refractivity contribution in [2.45, 2.75) is 39.4 Å². The first-order chi connectivity index (χ1) is 5.88. The highest BCUT2D eigenvalue weighted by molar-refractivity contribution is 5.10. The lowest BCUT2D eigenvalue weighted by Gasteiger charge is -2.17. The van der Waals surface area contributed by atoms with Crippen molar-refractivity contribution in [2.24, 2.45) is 0 Å². The highest BCUT2D eigenvalue weighted by Crippen LogP contribution is 2.23. The van der Waals surface area contributed by atoms with Gasteiger partial charge in [-0.2, -0.15) is 0 Å². The monoisotopic (exact) mass is 170 g/mol. The minimum Gasteiger partial charge on any atom is -0.349 e. The van der Waals surface area contributed by atoms with Crippen LogP contribution in [0.15, 0.2) is 11.6 Å². The average Bonchev–Trinajstić information content (AvgIpc) is 2.56. The Morgan fingerprint density at radius 3 is 2.42 bits per heavy atom. The summed E-state index contributed by atoms with van der Waals surface area (Å²) in [7, 11) is 0. The van der Waals surface area contributed by atoms with Gasteiger partial charge in [-0.1, -0.05) is 6.08 Å². The van der Waals surface area contributed by atoms with Crippen molar-refractivity contribution in [2.75, 3.05) is 13.2 Å². The van der Waals surface area contributed by atoms with Crippen LogP contribution in [0.5, 0.6) is 0 Å². The topological polar surface area (TPSA) is 18.5 Å². The Kier molecular flexibility index (Phi) is 4.33. The van der Waals surface area contributed by atoms with Gasteiger partial charge in [0.2, 0.25) is 0 Å². The standard InChI is InChI=1S/C10H18O2/c1-3-11-10(12-4-2)9-7-5-6-8-9/h7,10H,3-6,8H2,1-2H3. The van der Waals surface area contributed by atoms with Gasteiger partial charge in [-0.25, -0.2) is 0 Å². The van der Waals surface area contributed by atoms with E-state index in [2.05, 4.69) is 6.08 Å². The summed E-state index contributed by atoms with van der Waals surface area (Å²) in [4.78, 5) is 0. The first-order valence-corrected chi connectivity index (χ1v) is 4.80. The molecule has 0 saturated carbocycles. The van der Waals surface area contributed by atoms with Crippen molar-refractivity contribution in [3.8, 4) is 0 Å².